The van der Waals surface area contributed by atoms with Crippen molar-refractivity contribution in [2.75, 3.05) is 0 Å². The van der Waals surface area contributed by atoms with E-state index >= 15 is 0 Å². The Labute approximate surface area is 147 Å². The van der Waals surface area contributed by atoms with Crippen LogP contribution >= 0.6 is 0 Å². The number of carbonyl (C=O) groups is 4. The van der Waals surface area contributed by atoms with Crippen LogP contribution in [0.15, 0.2) is 12.2 Å². The van der Waals surface area contributed by atoms with Gasteiger partial charge in [-0.05, 0) is 43.1 Å². The van der Waals surface area contributed by atoms with Gasteiger partial charge in [-0.1, -0.05) is 19.9 Å². The monoisotopic (exact) mass is 350 g/mol. The lowest BCUT2D eigenvalue weighted by atomic mass is 9.62. The number of aliphatic hydroxyl groups is 1. The number of aliphatic carboxylic acids is 1. The molecule has 0 saturated heterocycles. The third-order valence-corrected chi connectivity index (χ3v) is 6.13. The van der Waals surface area contributed by atoms with Gasteiger partial charge in [0, 0.05) is 24.7 Å². The van der Waals surface area contributed by atoms with Crippen LogP contribution in [0.3, 0.4) is 0 Å². The second-order valence-corrected chi connectivity index (χ2v) is 7.60. The molecule has 2 aliphatic carbocycles. The lowest BCUT2D eigenvalue weighted by Gasteiger charge is -2.42. The Morgan fingerprint density at radius 3 is 2.64 bits per heavy atom. The molecule has 0 spiro atoms. The number of carboxylic acids is 1. The van der Waals surface area contributed by atoms with Gasteiger partial charge in [-0.15, -0.1) is 0 Å². The number of Topliss-reactive ketones (excluding diaryl/α,β-unsaturated/α-hetero) is 2. The van der Waals surface area contributed by atoms with E-state index in [0.29, 0.717) is 25.7 Å². The van der Waals surface area contributed by atoms with E-state index in [4.69, 9.17) is 5.11 Å². The molecule has 0 amide bonds. The van der Waals surface area contributed by atoms with Gasteiger partial charge in [0.05, 0.1) is 6.10 Å². The zero-order valence-electron chi connectivity index (χ0n) is 14.7. The molecule has 2 rings (SSSR count). The van der Waals surface area contributed by atoms with E-state index in [1.165, 1.54) is 6.08 Å². The highest BCUT2D eigenvalue weighted by molar-refractivity contribution is 6.37. The summed E-state index contributed by atoms with van der Waals surface area (Å²) in [5, 5.41) is 18.8. The molecule has 0 bridgehead atoms. The Morgan fingerprint density at radius 2 is 2.00 bits per heavy atom. The first-order chi connectivity index (χ1) is 11.7. The summed E-state index contributed by atoms with van der Waals surface area (Å²) in [6.07, 6.45) is 5.16. The third-order valence-electron chi connectivity index (χ3n) is 6.13. The van der Waals surface area contributed by atoms with Gasteiger partial charge in [-0.3, -0.25) is 14.4 Å². The fourth-order valence-corrected chi connectivity index (χ4v) is 4.36. The van der Waals surface area contributed by atoms with E-state index in [2.05, 4.69) is 0 Å². The second-order valence-electron chi connectivity index (χ2n) is 7.60. The molecule has 6 heteroatoms. The van der Waals surface area contributed by atoms with E-state index < -0.39 is 17.7 Å². The van der Waals surface area contributed by atoms with E-state index in [1.54, 1.807) is 6.92 Å². The molecule has 0 heterocycles. The highest BCUT2D eigenvalue weighted by atomic mass is 16.4. The molecule has 0 aromatic carbocycles. The highest BCUT2D eigenvalue weighted by Crippen LogP contribution is 2.54. The minimum absolute atomic E-state index is 0.118. The average molecular weight is 350 g/mol. The number of ketones is 3. The van der Waals surface area contributed by atoms with Crippen LogP contribution < -0.4 is 0 Å². The van der Waals surface area contributed by atoms with Gasteiger partial charge in [0.15, 0.2) is 0 Å². The molecular weight excluding hydrogens is 324 g/mol. The molecule has 6 nitrogen and oxygen atoms in total. The fourth-order valence-electron chi connectivity index (χ4n) is 4.36. The van der Waals surface area contributed by atoms with Gasteiger partial charge in [0.1, 0.15) is 11.6 Å². The van der Waals surface area contributed by atoms with Crippen molar-refractivity contribution in [3.63, 3.8) is 0 Å². The molecule has 0 unspecified atom stereocenters. The third kappa shape index (κ3) is 4.06. The SMILES string of the molecule is C[C@H](/C=C/C(=O)C(=O)O)C(=O)CC[C@H]1C(=O)CC[C@@]2(C)[C@@H]1CC[C@@H]2O. The van der Waals surface area contributed by atoms with Gasteiger partial charge in [-0.25, -0.2) is 4.79 Å². The van der Waals surface area contributed by atoms with Crippen LogP contribution in [0.2, 0.25) is 0 Å². The molecular formula is C19H26O6. The fraction of sp³-hybridized carbons (Fsp3) is 0.684. The van der Waals surface area contributed by atoms with Gasteiger partial charge in [-0.2, -0.15) is 0 Å². The van der Waals surface area contributed by atoms with Crippen LogP contribution in [0, 0.1) is 23.2 Å². The molecule has 2 N–H and O–H groups in total. The number of hydrogen-bond donors (Lipinski definition) is 2. The van der Waals surface area contributed by atoms with E-state index in [0.717, 1.165) is 12.5 Å². The topological polar surface area (TPSA) is 109 Å². The minimum atomic E-state index is -1.55. The summed E-state index contributed by atoms with van der Waals surface area (Å²) < 4.78 is 0. The van der Waals surface area contributed by atoms with Crippen molar-refractivity contribution >= 4 is 23.3 Å². The zero-order chi connectivity index (χ0) is 18.8. The van der Waals surface area contributed by atoms with Gasteiger partial charge >= 0.3 is 5.97 Å². The van der Waals surface area contributed by atoms with E-state index in [-0.39, 0.29) is 41.3 Å². The molecule has 0 aromatic heterocycles. The summed E-state index contributed by atoms with van der Waals surface area (Å²) in [6, 6.07) is 0. The summed E-state index contributed by atoms with van der Waals surface area (Å²) >= 11 is 0. The molecule has 2 fully saturated rings. The smallest absolute Gasteiger partial charge is 0.376 e. The Hall–Kier alpha value is -1.82. The predicted molar refractivity (Wildman–Crippen MR) is 89.8 cm³/mol. The van der Waals surface area contributed by atoms with Crippen molar-refractivity contribution in [2.24, 2.45) is 23.2 Å². The largest absolute Gasteiger partial charge is 0.475 e. The lowest BCUT2D eigenvalue weighted by molar-refractivity contribution is -0.146. The first-order valence-corrected chi connectivity index (χ1v) is 8.85. The molecule has 25 heavy (non-hydrogen) atoms. The summed E-state index contributed by atoms with van der Waals surface area (Å²) in [7, 11) is 0. The van der Waals surface area contributed by atoms with E-state index in [1.807, 2.05) is 6.92 Å². The van der Waals surface area contributed by atoms with Crippen molar-refractivity contribution < 1.29 is 29.4 Å². The predicted octanol–water partition coefficient (Wildman–Crippen LogP) is 1.94. The summed E-state index contributed by atoms with van der Waals surface area (Å²) in [6.45, 7) is 3.65. The van der Waals surface area contributed by atoms with Crippen molar-refractivity contribution in [2.45, 2.75) is 58.5 Å². The number of aliphatic hydroxyl groups excluding tert-OH is 1. The highest BCUT2D eigenvalue weighted by Gasteiger charge is 2.53. The van der Waals surface area contributed by atoms with Crippen molar-refractivity contribution in [3.05, 3.63) is 12.2 Å². The van der Waals surface area contributed by atoms with Gasteiger partial charge in [0.2, 0.25) is 0 Å². The van der Waals surface area contributed by atoms with Crippen molar-refractivity contribution in [1.29, 1.82) is 0 Å². The molecule has 138 valence electrons. The van der Waals surface area contributed by atoms with Crippen molar-refractivity contribution in [3.8, 4) is 0 Å². The van der Waals surface area contributed by atoms with Crippen LogP contribution in [-0.2, 0) is 19.2 Å². The number of hydrogen-bond acceptors (Lipinski definition) is 5. The average Bonchev–Trinajstić information content (AvgIpc) is 2.87. The summed E-state index contributed by atoms with van der Waals surface area (Å²) in [5.74, 6) is -3.20. The number of fused-ring (bicyclic) bond motifs is 1. The molecule has 2 saturated carbocycles. The second kappa shape index (κ2) is 7.60. The Balaban J connectivity index is 1.95. The minimum Gasteiger partial charge on any atom is -0.475 e. The first kappa shape index (κ1) is 19.5. The maximum atomic E-state index is 12.3. The molecule has 5 atom stereocenters. The Kier molecular flexibility index (Phi) is 5.93. The van der Waals surface area contributed by atoms with Crippen LogP contribution in [0.25, 0.3) is 0 Å². The first-order valence-electron chi connectivity index (χ1n) is 8.85. The molecule has 0 aliphatic heterocycles. The Bertz CT molecular complexity index is 607. The van der Waals surface area contributed by atoms with E-state index in [9.17, 15) is 24.3 Å². The maximum Gasteiger partial charge on any atom is 0.376 e. The van der Waals surface area contributed by atoms with Gasteiger partial charge in [0.25, 0.3) is 5.78 Å². The molecule has 0 aromatic rings. The Morgan fingerprint density at radius 1 is 1.32 bits per heavy atom. The number of rotatable bonds is 7. The standard InChI is InChI=1S/C19H26O6/c1-11(3-6-16(22)18(24)25)14(20)7-4-12-13-5-8-17(23)19(13,2)10-9-15(12)21/h3,6,11-13,17,23H,4-5,7-10H2,1-2H3,(H,24,25)/b6-3+/t11-,12-,13-,17+,19+/m1/s1. The number of allylic oxidation sites excluding steroid dienone is 1. The molecule has 0 radical (unpaired) electrons. The normalized spacial score (nSPS) is 33.2. The van der Waals surface area contributed by atoms with Crippen LogP contribution in [0.4, 0.5) is 0 Å². The molecule has 2 aliphatic rings. The van der Waals surface area contributed by atoms with Crippen LogP contribution in [0.5, 0.6) is 0 Å². The lowest BCUT2D eigenvalue weighted by Crippen LogP contribution is -2.43. The maximum absolute atomic E-state index is 12.3. The quantitative estimate of drug-likeness (QED) is 0.536. The summed E-state index contributed by atoms with van der Waals surface area (Å²) in [4.78, 5) is 46.1. The number of carbonyl (C=O) groups excluding carboxylic acids is 3. The van der Waals surface area contributed by atoms with Gasteiger partial charge < -0.3 is 10.2 Å². The van der Waals surface area contributed by atoms with Crippen LogP contribution in [0.1, 0.15) is 52.4 Å². The number of carboxylic acid groups (broad SMARTS) is 1. The van der Waals surface area contributed by atoms with Crippen molar-refractivity contribution in [1.82, 2.24) is 0 Å². The zero-order valence-corrected chi connectivity index (χ0v) is 14.7. The van der Waals surface area contributed by atoms with Crippen LogP contribution in [-0.4, -0.2) is 39.6 Å². The summed E-state index contributed by atoms with van der Waals surface area (Å²) in [5.41, 5.74) is -0.235.